The molecule has 0 bridgehead atoms. The van der Waals surface area contributed by atoms with Crippen LogP contribution < -0.4 is 5.32 Å². The molecule has 1 atom stereocenters. The van der Waals surface area contributed by atoms with Crippen LogP contribution in [0, 0.1) is 5.92 Å². The Kier molecular flexibility index (Phi) is 4.18. The molecular formula is C15H21NO. The van der Waals surface area contributed by atoms with Gasteiger partial charge in [0.1, 0.15) is 0 Å². The van der Waals surface area contributed by atoms with Gasteiger partial charge in [-0.05, 0) is 24.3 Å². The van der Waals surface area contributed by atoms with Gasteiger partial charge in [-0.25, -0.2) is 0 Å². The lowest BCUT2D eigenvalue weighted by atomic mass is 9.81. The van der Waals surface area contributed by atoms with Crippen molar-refractivity contribution in [2.24, 2.45) is 5.92 Å². The molecule has 0 saturated heterocycles. The fraction of sp³-hybridized carbons (Fsp3) is 0.533. The van der Waals surface area contributed by atoms with Gasteiger partial charge in [-0.1, -0.05) is 49.6 Å². The van der Waals surface area contributed by atoms with Crippen LogP contribution in [0.5, 0.6) is 0 Å². The molecule has 0 aromatic heterocycles. The van der Waals surface area contributed by atoms with Crippen LogP contribution in [0.2, 0.25) is 0 Å². The molecule has 1 N–H and O–H groups in total. The van der Waals surface area contributed by atoms with E-state index in [0.29, 0.717) is 5.92 Å². The normalized spacial score (nSPS) is 18.6. The maximum absolute atomic E-state index is 11.4. The monoisotopic (exact) mass is 231 g/mol. The Morgan fingerprint density at radius 1 is 1.18 bits per heavy atom. The number of rotatable bonds is 3. The van der Waals surface area contributed by atoms with Crippen LogP contribution in [0.4, 0.5) is 0 Å². The Bertz CT molecular complexity index is 354. The van der Waals surface area contributed by atoms with Gasteiger partial charge in [0.2, 0.25) is 5.91 Å². The summed E-state index contributed by atoms with van der Waals surface area (Å²) in [7, 11) is 0. The highest BCUT2D eigenvalue weighted by Gasteiger charge is 2.25. The first-order chi connectivity index (χ1) is 8.27. The summed E-state index contributed by atoms with van der Waals surface area (Å²) in [6.07, 6.45) is 6.42. The predicted molar refractivity (Wildman–Crippen MR) is 69.6 cm³/mol. The number of amides is 1. The fourth-order valence-corrected chi connectivity index (χ4v) is 2.82. The molecule has 1 fully saturated rings. The largest absolute Gasteiger partial charge is 0.349 e. The van der Waals surface area contributed by atoms with Crippen molar-refractivity contribution in [3.05, 3.63) is 35.9 Å². The molecule has 1 aliphatic carbocycles. The molecule has 1 amide bonds. The maximum Gasteiger partial charge on any atom is 0.217 e. The van der Waals surface area contributed by atoms with Crippen LogP contribution in [0.15, 0.2) is 30.3 Å². The van der Waals surface area contributed by atoms with Crippen LogP contribution >= 0.6 is 0 Å². The van der Waals surface area contributed by atoms with Crippen molar-refractivity contribution >= 4 is 5.91 Å². The van der Waals surface area contributed by atoms with E-state index in [2.05, 4.69) is 17.4 Å². The summed E-state index contributed by atoms with van der Waals surface area (Å²) >= 11 is 0. The second-order valence-corrected chi connectivity index (χ2v) is 4.99. The molecule has 1 aliphatic rings. The summed E-state index contributed by atoms with van der Waals surface area (Å²) < 4.78 is 0. The Morgan fingerprint density at radius 2 is 1.82 bits per heavy atom. The van der Waals surface area contributed by atoms with Crippen LogP contribution in [-0.2, 0) is 4.79 Å². The molecule has 2 heteroatoms. The SMILES string of the molecule is CC(=O)N[C@H](c1ccccc1)C1CCCCC1. The van der Waals surface area contributed by atoms with Gasteiger partial charge in [0.15, 0.2) is 0 Å². The highest BCUT2D eigenvalue weighted by atomic mass is 16.1. The standard InChI is InChI=1S/C15H21NO/c1-12(17)16-15(13-8-4-2-5-9-13)14-10-6-3-7-11-14/h2,4-5,8-9,14-15H,3,6-7,10-11H2,1H3,(H,16,17)/t15-/m1/s1. The Morgan fingerprint density at radius 3 is 2.41 bits per heavy atom. The zero-order valence-corrected chi connectivity index (χ0v) is 10.5. The quantitative estimate of drug-likeness (QED) is 0.848. The molecule has 2 rings (SSSR count). The van der Waals surface area contributed by atoms with E-state index in [1.807, 2.05) is 18.2 Å². The molecule has 1 saturated carbocycles. The van der Waals surface area contributed by atoms with Gasteiger partial charge in [-0.2, -0.15) is 0 Å². The number of carbonyl (C=O) groups is 1. The van der Waals surface area contributed by atoms with Crippen molar-refractivity contribution in [3.8, 4) is 0 Å². The minimum Gasteiger partial charge on any atom is -0.349 e. The second-order valence-electron chi connectivity index (χ2n) is 4.99. The molecule has 0 radical (unpaired) electrons. The zero-order valence-electron chi connectivity index (χ0n) is 10.5. The van der Waals surface area contributed by atoms with E-state index in [9.17, 15) is 4.79 Å². The van der Waals surface area contributed by atoms with Gasteiger partial charge in [0, 0.05) is 6.92 Å². The first-order valence-electron chi connectivity index (χ1n) is 6.59. The van der Waals surface area contributed by atoms with Gasteiger partial charge in [-0.15, -0.1) is 0 Å². The zero-order chi connectivity index (χ0) is 12.1. The summed E-state index contributed by atoms with van der Waals surface area (Å²) in [5, 5.41) is 3.13. The van der Waals surface area contributed by atoms with Gasteiger partial charge >= 0.3 is 0 Å². The first kappa shape index (κ1) is 12.2. The lowest BCUT2D eigenvalue weighted by Gasteiger charge is -2.31. The van der Waals surface area contributed by atoms with Crippen LogP contribution in [0.25, 0.3) is 0 Å². The fourth-order valence-electron chi connectivity index (χ4n) is 2.82. The van der Waals surface area contributed by atoms with Crippen LogP contribution in [0.1, 0.15) is 50.6 Å². The molecule has 0 unspecified atom stereocenters. The van der Waals surface area contributed by atoms with Crippen molar-refractivity contribution in [2.75, 3.05) is 0 Å². The molecule has 1 aromatic rings. The predicted octanol–water partition coefficient (Wildman–Crippen LogP) is 3.44. The lowest BCUT2D eigenvalue weighted by molar-refractivity contribution is -0.120. The molecule has 0 spiro atoms. The number of nitrogens with one attached hydrogen (secondary N) is 1. The molecule has 17 heavy (non-hydrogen) atoms. The van der Waals surface area contributed by atoms with E-state index in [1.54, 1.807) is 6.92 Å². The van der Waals surface area contributed by atoms with Gasteiger partial charge in [0.05, 0.1) is 6.04 Å². The van der Waals surface area contributed by atoms with E-state index >= 15 is 0 Å². The van der Waals surface area contributed by atoms with Gasteiger partial charge in [-0.3, -0.25) is 4.79 Å². The maximum atomic E-state index is 11.4. The number of benzene rings is 1. The summed E-state index contributed by atoms with van der Waals surface area (Å²) in [6, 6.07) is 10.6. The van der Waals surface area contributed by atoms with E-state index in [-0.39, 0.29) is 11.9 Å². The Balaban J connectivity index is 2.15. The van der Waals surface area contributed by atoms with Crippen molar-refractivity contribution < 1.29 is 4.79 Å². The van der Waals surface area contributed by atoms with E-state index < -0.39 is 0 Å². The summed E-state index contributed by atoms with van der Waals surface area (Å²) in [5.74, 6) is 0.680. The smallest absolute Gasteiger partial charge is 0.217 e. The molecule has 1 aromatic carbocycles. The van der Waals surface area contributed by atoms with E-state index in [1.165, 1.54) is 37.7 Å². The molecule has 0 aliphatic heterocycles. The summed E-state index contributed by atoms with van der Waals surface area (Å²) in [6.45, 7) is 1.61. The van der Waals surface area contributed by atoms with Crippen LogP contribution in [0.3, 0.4) is 0 Å². The van der Waals surface area contributed by atoms with E-state index in [4.69, 9.17) is 0 Å². The third-order valence-corrected chi connectivity index (χ3v) is 3.64. The Labute approximate surface area is 103 Å². The third-order valence-electron chi connectivity index (χ3n) is 3.64. The molecular weight excluding hydrogens is 210 g/mol. The topological polar surface area (TPSA) is 29.1 Å². The lowest BCUT2D eigenvalue weighted by Crippen LogP contribution is -2.32. The van der Waals surface area contributed by atoms with Gasteiger partial charge in [0.25, 0.3) is 0 Å². The van der Waals surface area contributed by atoms with Crippen molar-refractivity contribution in [1.29, 1.82) is 0 Å². The summed E-state index contributed by atoms with van der Waals surface area (Å²) in [5.41, 5.74) is 1.25. The minimum atomic E-state index is 0.0735. The number of hydrogen-bond acceptors (Lipinski definition) is 1. The van der Waals surface area contributed by atoms with Gasteiger partial charge < -0.3 is 5.32 Å². The second kappa shape index (κ2) is 5.85. The highest BCUT2D eigenvalue weighted by molar-refractivity contribution is 5.73. The summed E-state index contributed by atoms with van der Waals surface area (Å²) in [4.78, 5) is 11.4. The number of hydrogen-bond donors (Lipinski definition) is 1. The average molecular weight is 231 g/mol. The highest BCUT2D eigenvalue weighted by Crippen LogP contribution is 2.34. The van der Waals surface area contributed by atoms with E-state index in [0.717, 1.165) is 0 Å². The first-order valence-corrected chi connectivity index (χ1v) is 6.59. The number of carbonyl (C=O) groups excluding carboxylic acids is 1. The van der Waals surface area contributed by atoms with Crippen molar-refractivity contribution in [2.45, 2.75) is 45.1 Å². The Hall–Kier alpha value is -1.31. The average Bonchev–Trinajstić information content (AvgIpc) is 2.38. The minimum absolute atomic E-state index is 0.0735. The van der Waals surface area contributed by atoms with Crippen molar-refractivity contribution in [1.82, 2.24) is 5.32 Å². The molecule has 92 valence electrons. The molecule has 2 nitrogen and oxygen atoms in total. The van der Waals surface area contributed by atoms with Crippen molar-refractivity contribution in [3.63, 3.8) is 0 Å². The molecule has 0 heterocycles. The third kappa shape index (κ3) is 3.32. The van der Waals surface area contributed by atoms with Crippen LogP contribution in [-0.4, -0.2) is 5.91 Å².